The number of halogens is 1. The lowest BCUT2D eigenvalue weighted by molar-refractivity contribution is 0.0179. The summed E-state index contributed by atoms with van der Waals surface area (Å²) in [5.74, 6) is 0.803. The zero-order valence-electron chi connectivity index (χ0n) is 16.0. The summed E-state index contributed by atoms with van der Waals surface area (Å²) < 4.78 is 10.7. The Bertz CT molecular complexity index is 564. The molecule has 1 aliphatic heterocycles. The van der Waals surface area contributed by atoms with E-state index >= 15 is 0 Å². The molecule has 1 aromatic rings. The normalized spacial score (nSPS) is 18.4. The molecule has 1 saturated heterocycles. The summed E-state index contributed by atoms with van der Waals surface area (Å²) in [5.41, 5.74) is 1.18. The van der Waals surface area contributed by atoms with Crippen LogP contribution in [0.4, 0.5) is 0 Å². The third-order valence-corrected chi connectivity index (χ3v) is 4.52. The number of nitrogens with zero attached hydrogens (tertiary/aromatic N) is 2. The largest absolute Gasteiger partial charge is 0.383 e. The lowest BCUT2D eigenvalue weighted by Gasteiger charge is -2.34. The summed E-state index contributed by atoms with van der Waals surface area (Å²) >= 11 is 6.23. The van der Waals surface area contributed by atoms with Crippen LogP contribution in [0.15, 0.2) is 29.3 Å². The van der Waals surface area contributed by atoms with Crippen molar-refractivity contribution >= 4 is 17.6 Å². The molecule has 0 radical (unpaired) electrons. The van der Waals surface area contributed by atoms with Crippen molar-refractivity contribution in [1.82, 2.24) is 15.5 Å². The zero-order valence-corrected chi connectivity index (χ0v) is 16.8. The van der Waals surface area contributed by atoms with Crippen molar-refractivity contribution in [1.29, 1.82) is 0 Å². The molecular weight excluding hydrogens is 352 g/mol. The van der Waals surface area contributed by atoms with Gasteiger partial charge in [-0.1, -0.05) is 23.7 Å². The van der Waals surface area contributed by atoms with Gasteiger partial charge in [0.2, 0.25) is 0 Å². The quantitative estimate of drug-likeness (QED) is 0.533. The van der Waals surface area contributed by atoms with Crippen molar-refractivity contribution in [3.63, 3.8) is 0 Å². The van der Waals surface area contributed by atoms with Gasteiger partial charge in [0.15, 0.2) is 5.96 Å². The molecule has 2 unspecified atom stereocenters. The van der Waals surface area contributed by atoms with Crippen LogP contribution in [0, 0.1) is 0 Å². The summed E-state index contributed by atoms with van der Waals surface area (Å²) in [6, 6.07) is 8.42. The minimum absolute atomic E-state index is 0.172. The van der Waals surface area contributed by atoms with E-state index in [1.54, 1.807) is 7.11 Å². The van der Waals surface area contributed by atoms with Crippen LogP contribution in [0.25, 0.3) is 0 Å². The third kappa shape index (κ3) is 6.76. The average Bonchev–Trinajstić information content (AvgIpc) is 2.63. The van der Waals surface area contributed by atoms with Gasteiger partial charge in [-0.05, 0) is 31.5 Å². The molecule has 0 saturated carbocycles. The van der Waals surface area contributed by atoms with Crippen LogP contribution >= 0.6 is 11.6 Å². The minimum atomic E-state index is 0.172. The van der Waals surface area contributed by atoms with Gasteiger partial charge < -0.3 is 20.1 Å². The summed E-state index contributed by atoms with van der Waals surface area (Å²) in [6.07, 6.45) is 0. The van der Waals surface area contributed by atoms with Gasteiger partial charge >= 0.3 is 0 Å². The molecule has 6 nitrogen and oxygen atoms in total. The number of hydrogen-bond acceptors (Lipinski definition) is 4. The number of methoxy groups -OCH3 is 1. The Morgan fingerprint density at radius 2 is 2.15 bits per heavy atom. The first kappa shape index (κ1) is 21.0. The van der Waals surface area contributed by atoms with E-state index < -0.39 is 0 Å². The number of benzene rings is 1. The Labute approximate surface area is 161 Å². The van der Waals surface area contributed by atoms with Gasteiger partial charge in [0.1, 0.15) is 0 Å². The second-order valence-corrected chi connectivity index (χ2v) is 6.88. The molecule has 2 rings (SSSR count). The fourth-order valence-corrected chi connectivity index (χ4v) is 3.26. The fraction of sp³-hybridized carbons (Fsp3) is 0.632. The molecule has 0 spiro atoms. The predicted octanol–water partition coefficient (Wildman–Crippen LogP) is 2.30. The molecule has 1 aliphatic rings. The van der Waals surface area contributed by atoms with Crippen LogP contribution in [0.1, 0.15) is 25.5 Å². The molecule has 7 heteroatoms. The molecule has 2 atom stereocenters. The van der Waals surface area contributed by atoms with E-state index in [4.69, 9.17) is 26.1 Å². The molecular formula is C19H31ClN4O2. The van der Waals surface area contributed by atoms with Gasteiger partial charge in [-0.25, -0.2) is 0 Å². The van der Waals surface area contributed by atoms with Crippen LogP contribution in [0.2, 0.25) is 5.02 Å². The van der Waals surface area contributed by atoms with Crippen LogP contribution in [0.5, 0.6) is 0 Å². The highest BCUT2D eigenvalue weighted by atomic mass is 35.5. The average molecular weight is 383 g/mol. The maximum absolute atomic E-state index is 6.23. The van der Waals surface area contributed by atoms with Gasteiger partial charge in [-0.3, -0.25) is 9.89 Å². The Hall–Kier alpha value is -1.34. The van der Waals surface area contributed by atoms with Crippen molar-refractivity contribution in [2.45, 2.75) is 25.9 Å². The molecule has 1 fully saturated rings. The van der Waals surface area contributed by atoms with Crippen LogP contribution in [0.3, 0.4) is 0 Å². The standard InChI is InChI=1S/C19H31ClN4O2/c1-4-21-19(23-15(2)14-25-3)22-13-18(24-8-10-26-11-9-24)16-6-5-7-17(20)12-16/h5-7,12,15,18H,4,8-11,13-14H2,1-3H3,(H2,21,22,23). The van der Waals surface area contributed by atoms with Crippen LogP contribution in [-0.4, -0.2) is 70.0 Å². The van der Waals surface area contributed by atoms with E-state index in [0.29, 0.717) is 13.2 Å². The smallest absolute Gasteiger partial charge is 0.191 e. The summed E-state index contributed by atoms with van der Waals surface area (Å²) in [4.78, 5) is 7.25. The Kier molecular flexibility index (Phi) is 9.18. The lowest BCUT2D eigenvalue weighted by Crippen LogP contribution is -2.45. The SMILES string of the molecule is CCNC(=NCC(c1cccc(Cl)c1)N1CCOCC1)NC(C)COC. The number of morpholine rings is 1. The van der Waals surface area contributed by atoms with E-state index in [1.807, 2.05) is 18.2 Å². The molecule has 0 aromatic heterocycles. The van der Waals surface area contributed by atoms with E-state index in [1.165, 1.54) is 5.56 Å². The molecule has 1 heterocycles. The van der Waals surface area contributed by atoms with Crippen molar-refractivity contribution in [3.05, 3.63) is 34.9 Å². The van der Waals surface area contributed by atoms with Gasteiger partial charge in [0, 0.05) is 37.8 Å². The Balaban J connectivity index is 2.15. The van der Waals surface area contributed by atoms with Crippen molar-refractivity contribution in [2.24, 2.45) is 4.99 Å². The maximum Gasteiger partial charge on any atom is 0.191 e. The number of hydrogen-bond donors (Lipinski definition) is 2. The molecule has 1 aromatic carbocycles. The monoisotopic (exact) mass is 382 g/mol. The number of nitrogens with one attached hydrogen (secondary N) is 2. The number of guanidine groups is 1. The van der Waals surface area contributed by atoms with Gasteiger partial charge in [-0.2, -0.15) is 0 Å². The van der Waals surface area contributed by atoms with Crippen molar-refractivity contribution in [2.75, 3.05) is 53.1 Å². The van der Waals surface area contributed by atoms with Crippen LogP contribution < -0.4 is 10.6 Å². The molecule has 146 valence electrons. The first-order chi connectivity index (χ1) is 12.6. The molecule has 0 bridgehead atoms. The van der Waals surface area contributed by atoms with E-state index in [2.05, 4.69) is 35.4 Å². The summed E-state index contributed by atoms with van der Waals surface area (Å²) in [7, 11) is 1.70. The molecule has 0 aliphatic carbocycles. The lowest BCUT2D eigenvalue weighted by atomic mass is 10.0. The number of rotatable bonds is 8. The topological polar surface area (TPSA) is 58.1 Å². The van der Waals surface area contributed by atoms with Crippen LogP contribution in [-0.2, 0) is 9.47 Å². The van der Waals surface area contributed by atoms with Gasteiger partial charge in [-0.15, -0.1) is 0 Å². The Morgan fingerprint density at radius 3 is 2.81 bits per heavy atom. The van der Waals surface area contributed by atoms with Gasteiger partial charge in [0.05, 0.1) is 32.4 Å². The van der Waals surface area contributed by atoms with Gasteiger partial charge in [0.25, 0.3) is 0 Å². The second kappa shape index (κ2) is 11.4. The molecule has 0 amide bonds. The van der Waals surface area contributed by atoms with Crippen molar-refractivity contribution in [3.8, 4) is 0 Å². The highest BCUT2D eigenvalue weighted by Gasteiger charge is 2.23. The number of aliphatic imine (C=N–C) groups is 1. The third-order valence-electron chi connectivity index (χ3n) is 4.29. The van der Waals surface area contributed by atoms with E-state index in [9.17, 15) is 0 Å². The van der Waals surface area contributed by atoms with E-state index in [0.717, 1.165) is 43.8 Å². The zero-order chi connectivity index (χ0) is 18.8. The van der Waals surface area contributed by atoms with Crippen molar-refractivity contribution < 1.29 is 9.47 Å². The number of ether oxygens (including phenoxy) is 2. The highest BCUT2D eigenvalue weighted by Crippen LogP contribution is 2.24. The predicted molar refractivity (Wildman–Crippen MR) is 107 cm³/mol. The molecule has 2 N–H and O–H groups in total. The Morgan fingerprint density at radius 1 is 1.38 bits per heavy atom. The first-order valence-electron chi connectivity index (χ1n) is 9.25. The minimum Gasteiger partial charge on any atom is -0.383 e. The summed E-state index contributed by atoms with van der Waals surface area (Å²) in [6.45, 7) is 9.54. The maximum atomic E-state index is 6.23. The molecule has 26 heavy (non-hydrogen) atoms. The summed E-state index contributed by atoms with van der Waals surface area (Å²) in [5, 5.41) is 7.44. The first-order valence-corrected chi connectivity index (χ1v) is 9.62. The highest BCUT2D eigenvalue weighted by molar-refractivity contribution is 6.30. The second-order valence-electron chi connectivity index (χ2n) is 6.44. The fourth-order valence-electron chi connectivity index (χ4n) is 3.06. The van der Waals surface area contributed by atoms with E-state index in [-0.39, 0.29) is 12.1 Å².